The molecular weight excluding hydrogens is 440 g/mol. The minimum Gasteiger partial charge on any atom is -0.454 e. The van der Waals surface area contributed by atoms with E-state index in [9.17, 15) is 24.6 Å². The first kappa shape index (κ1) is 22.4. The summed E-state index contributed by atoms with van der Waals surface area (Å²) in [6.45, 7) is 10.0. The van der Waals surface area contributed by atoms with Crippen LogP contribution in [0.2, 0.25) is 0 Å². The number of cyclic esters (lactones) is 2. The highest BCUT2D eigenvalue weighted by atomic mass is 16.7. The molecule has 10 atom stereocenters. The first-order chi connectivity index (χ1) is 15.7. The molecule has 34 heavy (non-hydrogen) atoms. The van der Waals surface area contributed by atoms with E-state index in [0.717, 1.165) is 0 Å². The molecule has 0 aromatic carbocycles. The van der Waals surface area contributed by atoms with Crippen molar-refractivity contribution in [2.45, 2.75) is 84.1 Å². The zero-order valence-electron chi connectivity index (χ0n) is 20.2. The van der Waals surface area contributed by atoms with E-state index in [1.54, 1.807) is 6.08 Å². The summed E-state index contributed by atoms with van der Waals surface area (Å²) in [6.07, 6.45) is 2.71. The van der Waals surface area contributed by atoms with Crippen LogP contribution in [0.15, 0.2) is 23.8 Å². The maximum absolute atomic E-state index is 13.1. The highest BCUT2D eigenvalue weighted by molar-refractivity contribution is 5.96. The lowest BCUT2D eigenvalue weighted by Crippen LogP contribution is -2.73. The standard InChI is InChI=1S/C26H32O8/c1-22(2)14-11-16(28)25(5)13(23(14,3)8-7-15(22)27)6-9-24(4)18(12-10-17(29)32-20(12)30)33-21(31)19-26(24,25)34-19/h7-8,10,13-14,16-19,28-29H,6,9,11H2,1-5H3/t13-,14-,16+,17-,18+,19-,23-,24-,25+,26-/m1/s1. The Hall–Kier alpha value is -2.03. The molecule has 4 fully saturated rings. The van der Waals surface area contributed by atoms with Crippen molar-refractivity contribution in [1.82, 2.24) is 0 Å². The fourth-order valence-corrected chi connectivity index (χ4v) is 9.03. The summed E-state index contributed by atoms with van der Waals surface area (Å²) in [7, 11) is 0. The molecule has 0 amide bonds. The molecule has 3 aliphatic heterocycles. The van der Waals surface area contributed by atoms with Crippen molar-refractivity contribution in [2.75, 3.05) is 0 Å². The summed E-state index contributed by atoms with van der Waals surface area (Å²) in [5.74, 6) is -1.32. The molecule has 6 aliphatic rings. The first-order valence-electron chi connectivity index (χ1n) is 12.2. The molecule has 0 radical (unpaired) electrons. The number of aliphatic hydroxyl groups is 2. The van der Waals surface area contributed by atoms with Gasteiger partial charge in [0.05, 0.1) is 11.7 Å². The van der Waals surface area contributed by atoms with Gasteiger partial charge in [0.25, 0.3) is 0 Å². The molecule has 3 aliphatic carbocycles. The van der Waals surface area contributed by atoms with E-state index in [4.69, 9.17) is 14.2 Å². The molecule has 8 heteroatoms. The number of hydrogen-bond acceptors (Lipinski definition) is 8. The van der Waals surface area contributed by atoms with Crippen LogP contribution >= 0.6 is 0 Å². The second-order valence-corrected chi connectivity index (χ2v) is 12.3. The highest BCUT2D eigenvalue weighted by Crippen LogP contribution is 2.78. The van der Waals surface area contributed by atoms with Gasteiger partial charge in [0, 0.05) is 16.2 Å². The smallest absolute Gasteiger partial charge is 0.340 e. The number of allylic oxidation sites excluding steroid dienone is 2. The van der Waals surface area contributed by atoms with Crippen molar-refractivity contribution in [3.05, 3.63) is 23.8 Å². The van der Waals surface area contributed by atoms with E-state index in [0.29, 0.717) is 19.3 Å². The van der Waals surface area contributed by atoms with Crippen molar-refractivity contribution >= 4 is 17.7 Å². The van der Waals surface area contributed by atoms with Crippen LogP contribution in [-0.2, 0) is 28.6 Å². The average molecular weight is 473 g/mol. The number of hydrogen-bond donors (Lipinski definition) is 2. The Morgan fingerprint density at radius 1 is 0.971 bits per heavy atom. The maximum atomic E-state index is 13.1. The molecule has 2 N–H and O–H groups in total. The number of carbonyl (C=O) groups excluding carboxylic acids is 3. The second kappa shape index (κ2) is 6.20. The van der Waals surface area contributed by atoms with Crippen molar-refractivity contribution < 1.29 is 38.8 Å². The van der Waals surface area contributed by atoms with Crippen LogP contribution in [0.25, 0.3) is 0 Å². The molecule has 0 unspecified atom stereocenters. The van der Waals surface area contributed by atoms with Crippen LogP contribution in [0, 0.1) is 33.5 Å². The molecule has 184 valence electrons. The Kier molecular flexibility index (Phi) is 4.09. The van der Waals surface area contributed by atoms with Crippen LogP contribution in [-0.4, -0.2) is 58.1 Å². The van der Waals surface area contributed by atoms with Crippen LogP contribution < -0.4 is 0 Å². The third-order valence-electron chi connectivity index (χ3n) is 10.8. The van der Waals surface area contributed by atoms with Gasteiger partial charge in [-0.3, -0.25) is 4.79 Å². The van der Waals surface area contributed by atoms with Crippen molar-refractivity contribution in [3.63, 3.8) is 0 Å². The predicted molar refractivity (Wildman–Crippen MR) is 117 cm³/mol. The van der Waals surface area contributed by atoms with E-state index in [1.807, 2.05) is 33.8 Å². The lowest BCUT2D eigenvalue weighted by atomic mass is 9.35. The van der Waals surface area contributed by atoms with Crippen molar-refractivity contribution in [2.24, 2.45) is 33.5 Å². The SMILES string of the molecule is CC1(C)C(=O)C=C[C@@]2(C)[C@@H]1C[C@H](O)[C@]1(C)[C@@H]2CC[C@]2(C)[C@H](C3=C[C@H](O)OC3=O)OC(=O)[C@H]3O[C@@]312. The molecule has 6 rings (SSSR count). The van der Waals surface area contributed by atoms with Gasteiger partial charge in [0.15, 0.2) is 11.9 Å². The number of fused-ring (bicyclic) bond motifs is 3. The topological polar surface area (TPSA) is 123 Å². The summed E-state index contributed by atoms with van der Waals surface area (Å²) in [5.41, 5.74) is -3.54. The highest BCUT2D eigenvalue weighted by Gasteiger charge is 2.88. The van der Waals surface area contributed by atoms with Gasteiger partial charge in [-0.15, -0.1) is 0 Å². The first-order valence-corrected chi connectivity index (χ1v) is 12.2. The van der Waals surface area contributed by atoms with Crippen molar-refractivity contribution in [3.8, 4) is 0 Å². The Bertz CT molecular complexity index is 1090. The molecule has 0 bridgehead atoms. The van der Waals surface area contributed by atoms with Gasteiger partial charge in [-0.1, -0.05) is 40.7 Å². The molecule has 0 aromatic heterocycles. The Labute approximate surface area is 198 Å². The number of carbonyl (C=O) groups is 3. The molecule has 2 saturated carbocycles. The monoisotopic (exact) mass is 472 g/mol. The van der Waals surface area contributed by atoms with Gasteiger partial charge in [-0.2, -0.15) is 0 Å². The average Bonchev–Trinajstić information content (AvgIpc) is 3.45. The minimum atomic E-state index is -1.38. The second-order valence-electron chi connectivity index (χ2n) is 12.3. The van der Waals surface area contributed by atoms with Crippen LogP contribution in [0.5, 0.6) is 0 Å². The predicted octanol–water partition coefficient (Wildman–Crippen LogP) is 1.83. The van der Waals surface area contributed by atoms with Gasteiger partial charge in [-0.25, -0.2) is 9.59 Å². The largest absolute Gasteiger partial charge is 0.454 e. The fourth-order valence-electron chi connectivity index (χ4n) is 9.03. The zero-order chi connectivity index (χ0) is 24.6. The van der Waals surface area contributed by atoms with Crippen LogP contribution in [0.1, 0.15) is 53.9 Å². The summed E-state index contributed by atoms with van der Waals surface area (Å²) < 4.78 is 17.0. The minimum absolute atomic E-state index is 0.0578. The summed E-state index contributed by atoms with van der Waals surface area (Å²) >= 11 is 0. The Morgan fingerprint density at radius 3 is 2.32 bits per heavy atom. The fraction of sp³-hybridized carbons (Fsp3) is 0.731. The van der Waals surface area contributed by atoms with E-state index in [1.165, 1.54) is 6.08 Å². The number of epoxide rings is 1. The normalized spacial score (nSPS) is 54.7. The lowest BCUT2D eigenvalue weighted by molar-refractivity contribution is -0.241. The van der Waals surface area contributed by atoms with Crippen molar-refractivity contribution in [1.29, 1.82) is 0 Å². The molecule has 3 heterocycles. The molecule has 0 aromatic rings. The Morgan fingerprint density at radius 2 is 1.68 bits per heavy atom. The summed E-state index contributed by atoms with van der Waals surface area (Å²) in [4.78, 5) is 38.4. The third kappa shape index (κ3) is 2.20. The molecule has 8 nitrogen and oxygen atoms in total. The van der Waals surface area contributed by atoms with Gasteiger partial charge in [0.1, 0.15) is 11.7 Å². The van der Waals surface area contributed by atoms with E-state index < -0.39 is 58.4 Å². The number of aliphatic hydroxyl groups excluding tert-OH is 2. The maximum Gasteiger partial charge on any atom is 0.340 e. The molecule has 2 saturated heterocycles. The van der Waals surface area contributed by atoms with E-state index >= 15 is 0 Å². The zero-order valence-corrected chi connectivity index (χ0v) is 20.2. The van der Waals surface area contributed by atoms with Gasteiger partial charge < -0.3 is 24.4 Å². The summed E-state index contributed by atoms with van der Waals surface area (Å²) in [6, 6.07) is 0. The van der Waals surface area contributed by atoms with Crippen LogP contribution in [0.4, 0.5) is 0 Å². The van der Waals surface area contributed by atoms with Gasteiger partial charge in [0.2, 0.25) is 6.29 Å². The number of esters is 2. The Balaban J connectivity index is 1.50. The quantitative estimate of drug-likeness (QED) is 0.438. The number of ketones is 1. The molecular formula is C26H32O8. The number of rotatable bonds is 1. The van der Waals surface area contributed by atoms with Gasteiger partial charge in [-0.05, 0) is 48.7 Å². The lowest BCUT2D eigenvalue weighted by Gasteiger charge is -2.68. The third-order valence-corrected chi connectivity index (χ3v) is 10.8. The molecule has 1 spiro atoms. The number of ether oxygens (including phenoxy) is 3. The van der Waals surface area contributed by atoms with Gasteiger partial charge >= 0.3 is 11.9 Å². The van der Waals surface area contributed by atoms with E-state index in [2.05, 4.69) is 6.92 Å². The van der Waals surface area contributed by atoms with Crippen LogP contribution in [0.3, 0.4) is 0 Å². The van der Waals surface area contributed by atoms with E-state index in [-0.39, 0.29) is 28.6 Å². The summed E-state index contributed by atoms with van der Waals surface area (Å²) in [5, 5.41) is 21.7.